The third kappa shape index (κ3) is 5.66. The monoisotopic (exact) mass is 404 g/mol. The second-order valence-electron chi connectivity index (χ2n) is 6.72. The molecule has 154 valence electrons. The summed E-state index contributed by atoms with van der Waals surface area (Å²) in [5.41, 5.74) is 1.20. The van der Waals surface area contributed by atoms with Crippen LogP contribution < -0.4 is 20.1 Å². The van der Waals surface area contributed by atoms with Crippen LogP contribution in [0.3, 0.4) is 0 Å². The molecule has 8 heteroatoms. The Morgan fingerprint density at radius 2 is 1.83 bits per heavy atom. The molecule has 0 saturated heterocycles. The number of benzene rings is 2. The van der Waals surface area contributed by atoms with Gasteiger partial charge in [-0.25, -0.2) is 0 Å². The molecule has 1 aliphatic carbocycles. The van der Waals surface area contributed by atoms with Gasteiger partial charge < -0.3 is 20.1 Å². The van der Waals surface area contributed by atoms with Gasteiger partial charge in [0, 0.05) is 5.56 Å². The van der Waals surface area contributed by atoms with Crippen molar-refractivity contribution in [2.45, 2.75) is 25.5 Å². The van der Waals surface area contributed by atoms with E-state index in [-0.39, 0.29) is 35.6 Å². The minimum Gasteiger partial charge on any atom is -0.493 e. The number of amides is 2. The van der Waals surface area contributed by atoms with E-state index in [1.807, 2.05) is 30.3 Å². The summed E-state index contributed by atoms with van der Waals surface area (Å²) in [6.07, 6.45) is 2.11. The first-order valence-corrected chi connectivity index (χ1v) is 9.23. The number of alkyl halides is 2. The fourth-order valence-corrected chi connectivity index (χ4v) is 3.05. The molecule has 0 heterocycles. The topological polar surface area (TPSA) is 76.7 Å². The zero-order valence-corrected chi connectivity index (χ0v) is 15.9. The van der Waals surface area contributed by atoms with Crippen molar-refractivity contribution in [1.29, 1.82) is 0 Å². The van der Waals surface area contributed by atoms with Crippen molar-refractivity contribution in [2.75, 3.05) is 13.7 Å². The van der Waals surface area contributed by atoms with Crippen molar-refractivity contribution in [3.05, 3.63) is 59.7 Å². The zero-order valence-electron chi connectivity index (χ0n) is 15.9. The smallest absolute Gasteiger partial charge is 0.387 e. The minimum atomic E-state index is -3.00. The summed E-state index contributed by atoms with van der Waals surface area (Å²) in [5.74, 6) is -0.593. The van der Waals surface area contributed by atoms with E-state index in [9.17, 15) is 18.4 Å². The molecule has 0 aliphatic heterocycles. The largest absolute Gasteiger partial charge is 0.493 e. The lowest BCUT2D eigenvalue weighted by Gasteiger charge is -2.19. The molecule has 2 N–H and O–H groups in total. The maximum absolute atomic E-state index is 12.4. The summed E-state index contributed by atoms with van der Waals surface area (Å²) in [6, 6.07) is 13.5. The van der Waals surface area contributed by atoms with E-state index in [0.717, 1.165) is 18.4 Å². The van der Waals surface area contributed by atoms with Crippen LogP contribution in [0.15, 0.2) is 48.5 Å². The van der Waals surface area contributed by atoms with E-state index in [2.05, 4.69) is 15.4 Å². The van der Waals surface area contributed by atoms with E-state index in [0.29, 0.717) is 5.92 Å². The van der Waals surface area contributed by atoms with E-state index in [1.165, 1.54) is 25.3 Å². The molecular weight excluding hydrogens is 382 g/mol. The lowest BCUT2D eigenvalue weighted by Crippen LogP contribution is -2.39. The number of carbonyl (C=O) groups is 2. The highest BCUT2D eigenvalue weighted by atomic mass is 19.3. The average molecular weight is 404 g/mol. The summed E-state index contributed by atoms with van der Waals surface area (Å²) in [5, 5.41) is 5.50. The highest BCUT2D eigenvalue weighted by molar-refractivity contribution is 5.97. The molecule has 1 saturated carbocycles. The van der Waals surface area contributed by atoms with Crippen LogP contribution in [-0.2, 0) is 4.79 Å². The van der Waals surface area contributed by atoms with Gasteiger partial charge in [-0.05, 0) is 42.5 Å². The van der Waals surface area contributed by atoms with Gasteiger partial charge in [-0.15, -0.1) is 0 Å². The third-order valence-electron chi connectivity index (χ3n) is 4.62. The van der Waals surface area contributed by atoms with Crippen LogP contribution in [0.5, 0.6) is 11.5 Å². The van der Waals surface area contributed by atoms with Crippen LogP contribution in [0.1, 0.15) is 34.8 Å². The Morgan fingerprint density at radius 1 is 1.10 bits per heavy atom. The van der Waals surface area contributed by atoms with Crippen molar-refractivity contribution in [3.63, 3.8) is 0 Å². The third-order valence-corrected chi connectivity index (χ3v) is 4.62. The molecule has 1 unspecified atom stereocenters. The van der Waals surface area contributed by atoms with Gasteiger partial charge in [-0.2, -0.15) is 8.78 Å². The molecule has 2 amide bonds. The Morgan fingerprint density at radius 3 is 2.45 bits per heavy atom. The molecule has 0 spiro atoms. The molecule has 0 aromatic heterocycles. The van der Waals surface area contributed by atoms with E-state index >= 15 is 0 Å². The fraction of sp³-hybridized carbons (Fsp3) is 0.333. The first-order valence-electron chi connectivity index (χ1n) is 9.23. The number of halogens is 2. The van der Waals surface area contributed by atoms with Crippen molar-refractivity contribution in [3.8, 4) is 11.5 Å². The quantitative estimate of drug-likeness (QED) is 0.673. The van der Waals surface area contributed by atoms with Gasteiger partial charge in [-0.3, -0.25) is 9.59 Å². The summed E-state index contributed by atoms with van der Waals surface area (Å²) in [7, 11) is 1.28. The number of hydrogen-bond donors (Lipinski definition) is 2. The standard InChI is InChI=1S/C21H22F2N2O4/c1-28-17-11-15(9-10-16(17)29-21(22)23)20(27)24-12-18(26)25-19(14-7-8-14)13-5-3-2-4-6-13/h2-6,9-11,14,19,21H,7-8,12H2,1H3,(H,24,27)(H,25,26). The van der Waals surface area contributed by atoms with Gasteiger partial charge >= 0.3 is 6.61 Å². The predicted octanol–water partition coefficient (Wildman–Crippen LogP) is 3.29. The number of ether oxygens (including phenoxy) is 2. The molecular formula is C21H22F2N2O4. The highest BCUT2D eigenvalue weighted by Crippen LogP contribution is 2.40. The maximum Gasteiger partial charge on any atom is 0.387 e. The minimum absolute atomic E-state index is 0.000256. The summed E-state index contributed by atoms with van der Waals surface area (Å²) in [6.45, 7) is -3.21. The molecule has 29 heavy (non-hydrogen) atoms. The molecule has 2 aromatic rings. The number of methoxy groups -OCH3 is 1. The van der Waals surface area contributed by atoms with E-state index in [1.54, 1.807) is 0 Å². The molecule has 0 radical (unpaired) electrons. The molecule has 0 bridgehead atoms. The van der Waals surface area contributed by atoms with Crippen LogP contribution in [0.2, 0.25) is 0 Å². The first-order chi connectivity index (χ1) is 14.0. The van der Waals surface area contributed by atoms with Crippen molar-refractivity contribution in [1.82, 2.24) is 10.6 Å². The van der Waals surface area contributed by atoms with Gasteiger partial charge in [0.15, 0.2) is 11.5 Å². The molecule has 3 rings (SSSR count). The van der Waals surface area contributed by atoms with Crippen LogP contribution in [0.4, 0.5) is 8.78 Å². The normalized spacial score (nSPS) is 14.2. The molecule has 1 aliphatic rings. The zero-order chi connectivity index (χ0) is 20.8. The molecule has 1 fully saturated rings. The van der Waals surface area contributed by atoms with Crippen molar-refractivity contribution < 1.29 is 27.8 Å². The fourth-order valence-electron chi connectivity index (χ4n) is 3.05. The lowest BCUT2D eigenvalue weighted by molar-refractivity contribution is -0.121. The molecule has 2 aromatic carbocycles. The van der Waals surface area contributed by atoms with Gasteiger partial charge in [0.2, 0.25) is 5.91 Å². The second kappa shape index (κ2) is 9.36. The maximum atomic E-state index is 12.4. The number of nitrogens with one attached hydrogen (secondary N) is 2. The number of hydrogen-bond acceptors (Lipinski definition) is 4. The SMILES string of the molecule is COc1cc(C(=O)NCC(=O)NC(c2ccccc2)C2CC2)ccc1OC(F)F. The number of carbonyl (C=O) groups excluding carboxylic acids is 2. The van der Waals surface area contributed by atoms with Crippen LogP contribution in [0.25, 0.3) is 0 Å². The summed E-state index contributed by atoms with van der Waals surface area (Å²) in [4.78, 5) is 24.7. The Labute approximate surface area is 167 Å². The van der Waals surface area contributed by atoms with Crippen LogP contribution >= 0.6 is 0 Å². The Bertz CT molecular complexity index is 857. The summed E-state index contributed by atoms with van der Waals surface area (Å²) < 4.78 is 34.1. The summed E-state index contributed by atoms with van der Waals surface area (Å²) >= 11 is 0. The van der Waals surface area contributed by atoms with E-state index in [4.69, 9.17) is 4.74 Å². The Hall–Kier alpha value is -3.16. The highest BCUT2D eigenvalue weighted by Gasteiger charge is 2.33. The van der Waals surface area contributed by atoms with E-state index < -0.39 is 12.5 Å². The van der Waals surface area contributed by atoms with Gasteiger partial charge in [0.25, 0.3) is 5.91 Å². The van der Waals surface area contributed by atoms with Gasteiger partial charge in [-0.1, -0.05) is 30.3 Å². The van der Waals surface area contributed by atoms with Gasteiger partial charge in [0.1, 0.15) is 0 Å². The van der Waals surface area contributed by atoms with Crippen molar-refractivity contribution in [2.24, 2.45) is 5.92 Å². The number of rotatable bonds is 9. The first kappa shape index (κ1) is 20.6. The van der Waals surface area contributed by atoms with Crippen LogP contribution in [-0.4, -0.2) is 32.1 Å². The van der Waals surface area contributed by atoms with Gasteiger partial charge in [0.05, 0.1) is 19.7 Å². The predicted molar refractivity (Wildman–Crippen MR) is 102 cm³/mol. The molecule has 1 atom stereocenters. The Kier molecular flexibility index (Phi) is 6.64. The van der Waals surface area contributed by atoms with Crippen LogP contribution in [0, 0.1) is 5.92 Å². The lowest BCUT2D eigenvalue weighted by atomic mass is 10.0. The Balaban J connectivity index is 1.57. The van der Waals surface area contributed by atoms with Crippen molar-refractivity contribution >= 4 is 11.8 Å². The second-order valence-corrected chi connectivity index (χ2v) is 6.72. The average Bonchev–Trinajstić information content (AvgIpc) is 3.56. The molecule has 6 nitrogen and oxygen atoms in total.